The Balaban J connectivity index is 2.39. The lowest BCUT2D eigenvalue weighted by Gasteiger charge is -2.21. The zero-order chi connectivity index (χ0) is 14.3. The monoisotopic (exact) mass is 328 g/mol. The second-order valence-electron chi connectivity index (χ2n) is 5.36. The van der Waals surface area contributed by atoms with Crippen molar-refractivity contribution in [3.05, 3.63) is 35.9 Å². The summed E-state index contributed by atoms with van der Waals surface area (Å²) in [5.74, 6) is -0.231. The normalized spacial score (nSPS) is 13.1. The predicted octanol–water partition coefficient (Wildman–Crippen LogP) is 3.70. The molecule has 0 saturated carbocycles. The fourth-order valence-electron chi connectivity index (χ4n) is 1.52. The Hall–Kier alpha value is -0.870. The molecule has 1 aromatic rings. The second kappa shape index (κ2) is 7.65. The van der Waals surface area contributed by atoms with Crippen LogP contribution in [0.5, 0.6) is 0 Å². The van der Waals surface area contributed by atoms with Crippen LogP contribution in [-0.2, 0) is 20.9 Å². The van der Waals surface area contributed by atoms with Crippen LogP contribution in [0.4, 0.5) is 0 Å². The van der Waals surface area contributed by atoms with Gasteiger partial charge in [-0.3, -0.25) is 4.79 Å². The number of halogens is 1. The summed E-state index contributed by atoms with van der Waals surface area (Å²) in [4.78, 5) is 11.7. The molecule has 0 aliphatic heterocycles. The minimum Gasteiger partial charge on any atom is -0.460 e. The van der Waals surface area contributed by atoms with Gasteiger partial charge in [0.15, 0.2) is 0 Å². The Morgan fingerprint density at radius 3 is 2.42 bits per heavy atom. The highest BCUT2D eigenvalue weighted by Crippen LogP contribution is 2.13. The Labute approximate surface area is 123 Å². The highest BCUT2D eigenvalue weighted by molar-refractivity contribution is 9.09. The molecule has 0 amide bonds. The van der Waals surface area contributed by atoms with Crippen LogP contribution < -0.4 is 0 Å². The van der Waals surface area contributed by atoms with E-state index in [1.54, 1.807) is 0 Å². The third-order valence-electron chi connectivity index (χ3n) is 2.31. The van der Waals surface area contributed by atoms with Gasteiger partial charge in [-0.25, -0.2) is 0 Å². The third-order valence-corrected chi connectivity index (χ3v) is 3.04. The summed E-state index contributed by atoms with van der Waals surface area (Å²) in [6, 6.07) is 9.90. The lowest BCUT2D eigenvalue weighted by atomic mass is 10.2. The highest BCUT2D eigenvalue weighted by atomic mass is 79.9. The summed E-state index contributed by atoms with van der Waals surface area (Å²) in [6.07, 6.45) is 0.0880. The second-order valence-corrected chi connectivity index (χ2v) is 6.01. The molecule has 0 N–H and O–H groups in total. The van der Waals surface area contributed by atoms with Crippen molar-refractivity contribution in [1.29, 1.82) is 0 Å². The summed E-state index contributed by atoms with van der Waals surface area (Å²) < 4.78 is 11.0. The van der Waals surface area contributed by atoms with Crippen LogP contribution in [-0.4, -0.2) is 23.0 Å². The quantitative estimate of drug-likeness (QED) is 0.590. The van der Waals surface area contributed by atoms with Crippen molar-refractivity contribution in [2.24, 2.45) is 0 Å². The zero-order valence-corrected chi connectivity index (χ0v) is 13.3. The number of carbonyl (C=O) groups is 1. The predicted molar refractivity (Wildman–Crippen MR) is 79.3 cm³/mol. The lowest BCUT2D eigenvalue weighted by Crippen LogP contribution is -2.28. The molecule has 106 valence electrons. The first kappa shape index (κ1) is 16.2. The Kier molecular flexibility index (Phi) is 6.52. The molecule has 1 atom stereocenters. The van der Waals surface area contributed by atoms with Gasteiger partial charge in [-0.1, -0.05) is 46.3 Å². The van der Waals surface area contributed by atoms with E-state index in [0.717, 1.165) is 5.56 Å². The van der Waals surface area contributed by atoms with E-state index in [0.29, 0.717) is 11.9 Å². The van der Waals surface area contributed by atoms with Crippen molar-refractivity contribution in [3.63, 3.8) is 0 Å². The van der Waals surface area contributed by atoms with Gasteiger partial charge < -0.3 is 9.47 Å². The molecule has 0 aliphatic rings. The number of carbonyl (C=O) groups excluding carboxylic acids is 1. The third kappa shape index (κ3) is 7.33. The van der Waals surface area contributed by atoms with Crippen LogP contribution in [0, 0.1) is 0 Å². The molecule has 0 spiro atoms. The molecule has 1 rings (SSSR count). The molecule has 4 heteroatoms. The molecule has 0 bridgehead atoms. The van der Waals surface area contributed by atoms with E-state index in [1.807, 2.05) is 51.1 Å². The van der Waals surface area contributed by atoms with Gasteiger partial charge in [0.25, 0.3) is 0 Å². The standard InChI is InChI=1S/C15H21BrO3/c1-15(2,3)19-14(17)9-13(10-16)18-11-12-7-5-4-6-8-12/h4-8,13H,9-11H2,1-3H3. The maximum Gasteiger partial charge on any atom is 0.308 e. The summed E-state index contributed by atoms with van der Waals surface area (Å²) in [6.45, 7) is 6.08. The largest absolute Gasteiger partial charge is 0.460 e. The average molecular weight is 329 g/mol. The highest BCUT2D eigenvalue weighted by Gasteiger charge is 2.20. The van der Waals surface area contributed by atoms with Crippen LogP contribution in [0.15, 0.2) is 30.3 Å². The van der Waals surface area contributed by atoms with E-state index in [4.69, 9.17) is 9.47 Å². The molecule has 1 aromatic carbocycles. The van der Waals surface area contributed by atoms with Gasteiger partial charge in [-0.2, -0.15) is 0 Å². The molecule has 0 saturated heterocycles. The van der Waals surface area contributed by atoms with E-state index in [9.17, 15) is 4.79 Å². The molecule has 1 unspecified atom stereocenters. The number of benzene rings is 1. The molecule has 0 heterocycles. The first-order chi connectivity index (χ1) is 8.90. The minimum absolute atomic E-state index is 0.171. The number of esters is 1. The maximum absolute atomic E-state index is 11.7. The fourth-order valence-corrected chi connectivity index (χ4v) is 1.93. The molecule has 0 aromatic heterocycles. The topological polar surface area (TPSA) is 35.5 Å². The number of hydrogen-bond acceptors (Lipinski definition) is 3. The SMILES string of the molecule is CC(C)(C)OC(=O)CC(CBr)OCc1ccccc1. The van der Waals surface area contributed by atoms with Crippen molar-refractivity contribution >= 4 is 21.9 Å². The minimum atomic E-state index is -0.451. The fraction of sp³-hybridized carbons (Fsp3) is 0.533. The molecule has 19 heavy (non-hydrogen) atoms. The van der Waals surface area contributed by atoms with Gasteiger partial charge in [0.2, 0.25) is 0 Å². The summed E-state index contributed by atoms with van der Waals surface area (Å²) in [5.41, 5.74) is 0.644. The number of ether oxygens (including phenoxy) is 2. The summed E-state index contributed by atoms with van der Waals surface area (Å²) in [5, 5.41) is 0.610. The van der Waals surface area contributed by atoms with Crippen LogP contribution >= 0.6 is 15.9 Å². The van der Waals surface area contributed by atoms with E-state index in [-0.39, 0.29) is 18.5 Å². The molecule has 0 aliphatic carbocycles. The number of alkyl halides is 1. The number of rotatable bonds is 6. The Morgan fingerprint density at radius 2 is 1.89 bits per heavy atom. The van der Waals surface area contributed by atoms with Gasteiger partial charge in [0.1, 0.15) is 5.60 Å². The van der Waals surface area contributed by atoms with E-state index >= 15 is 0 Å². The van der Waals surface area contributed by atoms with Crippen LogP contribution in [0.3, 0.4) is 0 Å². The van der Waals surface area contributed by atoms with Crippen molar-refractivity contribution in [1.82, 2.24) is 0 Å². The van der Waals surface area contributed by atoms with Gasteiger partial charge in [0.05, 0.1) is 19.1 Å². The maximum atomic E-state index is 11.7. The zero-order valence-electron chi connectivity index (χ0n) is 11.7. The van der Waals surface area contributed by atoms with Gasteiger partial charge in [-0.05, 0) is 26.3 Å². The average Bonchev–Trinajstić information content (AvgIpc) is 2.33. The van der Waals surface area contributed by atoms with Crippen LogP contribution in [0.1, 0.15) is 32.8 Å². The van der Waals surface area contributed by atoms with Crippen molar-refractivity contribution in [3.8, 4) is 0 Å². The van der Waals surface area contributed by atoms with Gasteiger partial charge in [0, 0.05) is 5.33 Å². The van der Waals surface area contributed by atoms with Crippen molar-refractivity contribution < 1.29 is 14.3 Å². The van der Waals surface area contributed by atoms with Crippen LogP contribution in [0.2, 0.25) is 0 Å². The van der Waals surface area contributed by atoms with Gasteiger partial charge in [-0.15, -0.1) is 0 Å². The van der Waals surface area contributed by atoms with Gasteiger partial charge >= 0.3 is 5.97 Å². The van der Waals surface area contributed by atoms with E-state index < -0.39 is 5.60 Å². The molecular formula is C15H21BrO3. The lowest BCUT2D eigenvalue weighted by molar-refractivity contribution is -0.157. The first-order valence-electron chi connectivity index (χ1n) is 6.34. The molecule has 0 radical (unpaired) electrons. The van der Waals surface area contributed by atoms with Crippen molar-refractivity contribution in [2.75, 3.05) is 5.33 Å². The van der Waals surface area contributed by atoms with E-state index in [1.165, 1.54) is 0 Å². The number of hydrogen-bond donors (Lipinski definition) is 0. The molecular weight excluding hydrogens is 308 g/mol. The smallest absolute Gasteiger partial charge is 0.308 e. The Morgan fingerprint density at radius 1 is 1.26 bits per heavy atom. The Bertz CT molecular complexity index is 384. The summed E-state index contributed by atoms with van der Waals surface area (Å²) >= 11 is 3.36. The summed E-state index contributed by atoms with van der Waals surface area (Å²) in [7, 11) is 0. The molecule has 0 fully saturated rings. The van der Waals surface area contributed by atoms with E-state index in [2.05, 4.69) is 15.9 Å². The first-order valence-corrected chi connectivity index (χ1v) is 7.46. The van der Waals surface area contributed by atoms with Crippen LogP contribution in [0.25, 0.3) is 0 Å². The van der Waals surface area contributed by atoms with Crippen molar-refractivity contribution in [2.45, 2.75) is 45.5 Å². The molecule has 3 nitrogen and oxygen atoms in total.